The fourth-order valence-electron chi connectivity index (χ4n) is 1.15. The Balaban J connectivity index is 2.75. The molecule has 0 spiro atoms. The Morgan fingerprint density at radius 3 is 2.15 bits per heavy atom. The summed E-state index contributed by atoms with van der Waals surface area (Å²) in [6.45, 7) is 9.09. The third kappa shape index (κ3) is 2.75. The monoisotopic (exact) mass is 174 g/mol. The zero-order valence-electron chi connectivity index (χ0n) is 7.69. The van der Waals surface area contributed by atoms with Gasteiger partial charge in [-0.2, -0.15) is 0 Å². The molecule has 13 heavy (non-hydrogen) atoms. The van der Waals surface area contributed by atoms with Crippen LogP contribution in [0.3, 0.4) is 0 Å². The molecule has 1 heterocycles. The van der Waals surface area contributed by atoms with E-state index in [2.05, 4.69) is 23.0 Å². The largest absolute Gasteiger partial charge is 0.364 e. The molecule has 0 bridgehead atoms. The van der Waals surface area contributed by atoms with Crippen molar-refractivity contribution in [1.29, 1.82) is 0 Å². The molecule has 2 nitrogen and oxygen atoms in total. The second kappa shape index (κ2) is 5.14. The number of hydrogen-bond acceptors (Lipinski definition) is 2. The van der Waals surface area contributed by atoms with Crippen LogP contribution in [0.2, 0.25) is 0 Å². The minimum absolute atomic E-state index is 0.829. The van der Waals surface area contributed by atoms with E-state index in [1.165, 1.54) is 0 Å². The van der Waals surface area contributed by atoms with E-state index in [0.717, 1.165) is 18.8 Å². The molecule has 0 saturated carbocycles. The van der Waals surface area contributed by atoms with E-state index >= 15 is 0 Å². The highest BCUT2D eigenvalue weighted by Gasteiger charge is 2.00. The molecule has 0 aliphatic carbocycles. The van der Waals surface area contributed by atoms with Crippen LogP contribution in [-0.2, 0) is 0 Å². The van der Waals surface area contributed by atoms with Gasteiger partial charge in [0.25, 0.3) is 0 Å². The Bertz CT molecular complexity index is 257. The van der Waals surface area contributed by atoms with Crippen molar-refractivity contribution in [1.82, 2.24) is 4.98 Å². The lowest BCUT2D eigenvalue weighted by Gasteiger charge is -2.20. The van der Waals surface area contributed by atoms with Gasteiger partial charge in [0.15, 0.2) is 0 Å². The van der Waals surface area contributed by atoms with Crippen LogP contribution in [0.4, 0.5) is 5.69 Å². The predicted molar refractivity (Wildman–Crippen MR) is 56.8 cm³/mol. The molecule has 1 rings (SSSR count). The molecule has 0 saturated heterocycles. The van der Waals surface area contributed by atoms with Crippen molar-refractivity contribution in [3.63, 3.8) is 0 Å². The molecule has 2 heteroatoms. The van der Waals surface area contributed by atoms with Crippen LogP contribution in [0.1, 0.15) is 0 Å². The van der Waals surface area contributed by atoms with Gasteiger partial charge in [0, 0.05) is 31.2 Å². The maximum Gasteiger partial charge on any atom is 0.0402 e. The molecule has 1 aromatic rings. The molecule has 0 amide bonds. The van der Waals surface area contributed by atoms with Gasteiger partial charge in [0.2, 0.25) is 0 Å². The van der Waals surface area contributed by atoms with Crippen molar-refractivity contribution in [3.8, 4) is 0 Å². The van der Waals surface area contributed by atoms with Crippen molar-refractivity contribution in [2.45, 2.75) is 0 Å². The van der Waals surface area contributed by atoms with Crippen LogP contribution in [-0.4, -0.2) is 18.1 Å². The summed E-state index contributed by atoms with van der Waals surface area (Å²) in [6, 6.07) is 3.96. The standard InChI is InChI=1S/C11H14N2/c1-3-9-13(10-4-2)11-5-7-12-8-6-11/h3-8H,1-2,9-10H2. The molecular formula is C11H14N2. The highest BCUT2D eigenvalue weighted by molar-refractivity contribution is 5.45. The van der Waals surface area contributed by atoms with E-state index in [4.69, 9.17) is 0 Å². The van der Waals surface area contributed by atoms with Gasteiger partial charge in [-0.15, -0.1) is 13.2 Å². The van der Waals surface area contributed by atoms with Gasteiger partial charge in [-0.05, 0) is 12.1 Å². The number of nitrogens with zero attached hydrogens (tertiary/aromatic N) is 2. The molecule has 0 unspecified atom stereocenters. The first kappa shape index (κ1) is 9.52. The Morgan fingerprint density at radius 2 is 1.69 bits per heavy atom. The van der Waals surface area contributed by atoms with Gasteiger partial charge < -0.3 is 4.90 Å². The van der Waals surface area contributed by atoms with E-state index in [9.17, 15) is 0 Å². The molecule has 68 valence electrons. The van der Waals surface area contributed by atoms with Crippen molar-refractivity contribution >= 4 is 5.69 Å². The molecule has 0 aliphatic rings. The highest BCUT2D eigenvalue weighted by atomic mass is 15.1. The first-order valence-corrected chi connectivity index (χ1v) is 4.25. The second-order valence-electron chi connectivity index (χ2n) is 2.69. The topological polar surface area (TPSA) is 16.1 Å². The molecule has 0 N–H and O–H groups in total. The van der Waals surface area contributed by atoms with E-state index in [-0.39, 0.29) is 0 Å². The maximum atomic E-state index is 3.97. The van der Waals surface area contributed by atoms with Gasteiger partial charge in [0.05, 0.1) is 0 Å². The van der Waals surface area contributed by atoms with Crippen molar-refractivity contribution in [3.05, 3.63) is 49.8 Å². The fourth-order valence-corrected chi connectivity index (χ4v) is 1.15. The zero-order valence-corrected chi connectivity index (χ0v) is 7.69. The van der Waals surface area contributed by atoms with Crippen LogP contribution in [0, 0.1) is 0 Å². The lowest BCUT2D eigenvalue weighted by molar-refractivity contribution is 0.954. The minimum atomic E-state index is 0.829. The maximum absolute atomic E-state index is 3.97. The zero-order chi connectivity index (χ0) is 9.52. The van der Waals surface area contributed by atoms with Crippen LogP contribution in [0.25, 0.3) is 0 Å². The Hall–Kier alpha value is -1.57. The smallest absolute Gasteiger partial charge is 0.0402 e. The van der Waals surface area contributed by atoms with Gasteiger partial charge in [0.1, 0.15) is 0 Å². The van der Waals surface area contributed by atoms with Crippen molar-refractivity contribution in [2.24, 2.45) is 0 Å². The summed E-state index contributed by atoms with van der Waals surface area (Å²) in [5.74, 6) is 0. The number of hydrogen-bond donors (Lipinski definition) is 0. The Morgan fingerprint density at radius 1 is 1.15 bits per heavy atom. The summed E-state index contributed by atoms with van der Waals surface area (Å²) in [7, 11) is 0. The quantitative estimate of drug-likeness (QED) is 0.636. The van der Waals surface area contributed by atoms with Gasteiger partial charge in [-0.3, -0.25) is 4.98 Å². The second-order valence-corrected chi connectivity index (χ2v) is 2.69. The summed E-state index contributed by atoms with van der Waals surface area (Å²) in [6.07, 6.45) is 7.33. The predicted octanol–water partition coefficient (Wildman–Crippen LogP) is 2.26. The summed E-state index contributed by atoms with van der Waals surface area (Å²) in [5.41, 5.74) is 1.15. The van der Waals surface area contributed by atoms with E-state index < -0.39 is 0 Å². The first-order valence-electron chi connectivity index (χ1n) is 4.25. The van der Waals surface area contributed by atoms with Gasteiger partial charge in [-0.1, -0.05) is 12.2 Å². The third-order valence-corrected chi connectivity index (χ3v) is 1.73. The molecule has 0 fully saturated rings. The normalized spacial score (nSPS) is 9.23. The number of pyridine rings is 1. The fraction of sp³-hybridized carbons (Fsp3) is 0.182. The molecule has 0 aliphatic heterocycles. The average Bonchev–Trinajstić information content (AvgIpc) is 2.19. The summed E-state index contributed by atoms with van der Waals surface area (Å²) >= 11 is 0. The average molecular weight is 174 g/mol. The number of rotatable bonds is 5. The molecular weight excluding hydrogens is 160 g/mol. The van der Waals surface area contributed by atoms with Crippen LogP contribution < -0.4 is 4.90 Å². The van der Waals surface area contributed by atoms with E-state index in [0.29, 0.717) is 0 Å². The van der Waals surface area contributed by atoms with Crippen LogP contribution in [0.5, 0.6) is 0 Å². The van der Waals surface area contributed by atoms with E-state index in [1.807, 2.05) is 24.3 Å². The van der Waals surface area contributed by atoms with Crippen LogP contribution in [0.15, 0.2) is 49.8 Å². The molecule has 1 aromatic heterocycles. The van der Waals surface area contributed by atoms with Crippen molar-refractivity contribution < 1.29 is 0 Å². The Kier molecular flexibility index (Phi) is 3.76. The van der Waals surface area contributed by atoms with Crippen molar-refractivity contribution in [2.75, 3.05) is 18.0 Å². The third-order valence-electron chi connectivity index (χ3n) is 1.73. The minimum Gasteiger partial charge on any atom is -0.364 e. The van der Waals surface area contributed by atoms with Gasteiger partial charge >= 0.3 is 0 Å². The SMILES string of the molecule is C=CCN(CC=C)c1ccncc1. The van der Waals surface area contributed by atoms with Gasteiger partial charge in [-0.25, -0.2) is 0 Å². The Labute approximate surface area is 79.2 Å². The lowest BCUT2D eigenvalue weighted by Crippen LogP contribution is -2.22. The molecule has 0 aromatic carbocycles. The summed E-state index contributed by atoms with van der Waals surface area (Å²) in [4.78, 5) is 6.14. The first-order chi connectivity index (χ1) is 6.38. The summed E-state index contributed by atoms with van der Waals surface area (Å²) in [5, 5.41) is 0. The highest BCUT2D eigenvalue weighted by Crippen LogP contribution is 2.11. The number of anilines is 1. The summed E-state index contributed by atoms with van der Waals surface area (Å²) < 4.78 is 0. The number of aromatic nitrogens is 1. The van der Waals surface area contributed by atoms with E-state index in [1.54, 1.807) is 12.4 Å². The molecule has 0 radical (unpaired) electrons. The molecule has 0 atom stereocenters. The van der Waals surface area contributed by atoms with Crippen LogP contribution >= 0.6 is 0 Å². The lowest BCUT2D eigenvalue weighted by atomic mass is 10.3.